The van der Waals surface area contributed by atoms with E-state index in [1.807, 2.05) is 5.32 Å². The van der Waals surface area contributed by atoms with E-state index in [-0.39, 0.29) is 5.56 Å². The molecular formula is C21H19F2N3O5. The minimum absolute atomic E-state index is 0.0113. The number of hydrogen-bond donors (Lipinski definition) is 5. The number of nitrogens with two attached hydrogens (primary N) is 1. The van der Waals surface area contributed by atoms with E-state index in [1.54, 1.807) is 12.1 Å². The number of rotatable bonds is 6. The molecule has 0 aliphatic rings. The highest BCUT2D eigenvalue weighted by molar-refractivity contribution is 5.98. The zero-order valence-corrected chi connectivity index (χ0v) is 16.2. The zero-order chi connectivity index (χ0) is 23.2. The van der Waals surface area contributed by atoms with Gasteiger partial charge in [0.05, 0.1) is 0 Å². The summed E-state index contributed by atoms with van der Waals surface area (Å²) in [6.07, 6.45) is -3.37. The van der Waals surface area contributed by atoms with Crippen LogP contribution in [0.4, 0.5) is 8.78 Å². The van der Waals surface area contributed by atoms with Crippen LogP contribution in [-0.2, 0) is 4.79 Å². The Morgan fingerprint density at radius 1 is 0.968 bits per heavy atom. The molecular weight excluding hydrogens is 412 g/mol. The van der Waals surface area contributed by atoms with Crippen LogP contribution in [0.25, 0.3) is 0 Å². The third-order valence-corrected chi connectivity index (χ3v) is 4.34. The van der Waals surface area contributed by atoms with Gasteiger partial charge >= 0.3 is 0 Å². The second-order valence-electron chi connectivity index (χ2n) is 6.68. The van der Waals surface area contributed by atoms with E-state index in [4.69, 9.17) is 10.9 Å². The summed E-state index contributed by atoms with van der Waals surface area (Å²) in [6, 6.07) is 9.89. The number of carbonyl (C=O) groups is 3. The number of amides is 3. The lowest BCUT2D eigenvalue weighted by atomic mass is 9.95. The number of nitrogens with one attached hydrogen (secondary N) is 2. The molecule has 0 aliphatic carbocycles. The Morgan fingerprint density at radius 3 is 1.81 bits per heavy atom. The van der Waals surface area contributed by atoms with Gasteiger partial charge in [-0.3, -0.25) is 19.6 Å². The van der Waals surface area contributed by atoms with Crippen molar-refractivity contribution in [1.29, 1.82) is 0 Å². The van der Waals surface area contributed by atoms with Crippen LogP contribution in [0, 0.1) is 11.8 Å². The Hall–Kier alpha value is -3.81. The molecule has 2 aromatic carbocycles. The number of primary amides is 1. The Morgan fingerprint density at radius 2 is 1.42 bits per heavy atom. The summed E-state index contributed by atoms with van der Waals surface area (Å²) in [4.78, 5) is 35.0. The highest BCUT2D eigenvalue weighted by Crippen LogP contribution is 2.20. The summed E-state index contributed by atoms with van der Waals surface area (Å²) in [7, 11) is 0. The Labute approximate surface area is 176 Å². The molecule has 10 heteroatoms. The maximum absolute atomic E-state index is 13.1. The van der Waals surface area contributed by atoms with Gasteiger partial charge in [0.2, 0.25) is 5.91 Å². The Balaban J connectivity index is 2.14. The quantitative estimate of drug-likeness (QED) is 0.261. The van der Waals surface area contributed by atoms with Crippen molar-refractivity contribution in [2.45, 2.75) is 25.0 Å². The standard InChI is InChI=1S/C21H19F2N3O5/c1-21(30,20(22)23)16(19(29)26-31)25-18(28)15-10-6-13(7-11-15)3-2-12-4-8-14(9-5-12)17(24)27/h4-11,16,20,30-31H,1H3,(H2,24,27)(H,25,28)(H,26,29)/t16-,21?/m1/s1. The second-order valence-corrected chi connectivity index (χ2v) is 6.68. The average Bonchev–Trinajstić information content (AvgIpc) is 2.75. The summed E-state index contributed by atoms with van der Waals surface area (Å²) < 4.78 is 26.1. The van der Waals surface area contributed by atoms with Crippen LogP contribution >= 0.6 is 0 Å². The minimum atomic E-state index is -3.37. The maximum Gasteiger partial charge on any atom is 0.269 e. The monoisotopic (exact) mass is 431 g/mol. The van der Waals surface area contributed by atoms with E-state index in [9.17, 15) is 28.3 Å². The molecule has 2 aromatic rings. The van der Waals surface area contributed by atoms with Gasteiger partial charge in [-0.2, -0.15) is 0 Å². The molecule has 0 fully saturated rings. The van der Waals surface area contributed by atoms with Crippen LogP contribution in [0.1, 0.15) is 38.8 Å². The molecule has 31 heavy (non-hydrogen) atoms. The van der Waals surface area contributed by atoms with Crippen LogP contribution in [0.5, 0.6) is 0 Å². The van der Waals surface area contributed by atoms with E-state index >= 15 is 0 Å². The fourth-order valence-electron chi connectivity index (χ4n) is 2.45. The molecule has 162 valence electrons. The lowest BCUT2D eigenvalue weighted by molar-refractivity contribution is -0.149. The molecule has 0 saturated carbocycles. The predicted molar refractivity (Wildman–Crippen MR) is 105 cm³/mol. The lowest BCUT2D eigenvalue weighted by Gasteiger charge is -2.30. The molecule has 0 spiro atoms. The van der Waals surface area contributed by atoms with E-state index in [2.05, 4.69) is 11.8 Å². The van der Waals surface area contributed by atoms with Gasteiger partial charge < -0.3 is 16.2 Å². The van der Waals surface area contributed by atoms with Crippen LogP contribution in [0.15, 0.2) is 48.5 Å². The van der Waals surface area contributed by atoms with Gasteiger partial charge in [0, 0.05) is 22.3 Å². The van der Waals surface area contributed by atoms with Crippen LogP contribution in [0.3, 0.4) is 0 Å². The molecule has 2 atom stereocenters. The van der Waals surface area contributed by atoms with Gasteiger partial charge in [0.15, 0.2) is 5.60 Å². The largest absolute Gasteiger partial charge is 0.381 e. The van der Waals surface area contributed by atoms with E-state index in [0.717, 1.165) is 5.48 Å². The lowest BCUT2D eigenvalue weighted by Crippen LogP contribution is -2.61. The topological polar surface area (TPSA) is 142 Å². The van der Waals surface area contributed by atoms with Crippen LogP contribution < -0.4 is 16.5 Å². The van der Waals surface area contributed by atoms with Crippen molar-refractivity contribution in [2.75, 3.05) is 0 Å². The van der Waals surface area contributed by atoms with Gasteiger partial charge in [-0.15, -0.1) is 0 Å². The number of carbonyl (C=O) groups excluding carboxylic acids is 3. The van der Waals surface area contributed by atoms with Crippen molar-refractivity contribution in [1.82, 2.24) is 10.8 Å². The molecule has 0 radical (unpaired) electrons. The van der Waals surface area contributed by atoms with E-state index < -0.39 is 35.8 Å². The molecule has 0 heterocycles. The van der Waals surface area contributed by atoms with Gasteiger partial charge in [-0.1, -0.05) is 11.8 Å². The van der Waals surface area contributed by atoms with Crippen LogP contribution in [-0.4, -0.2) is 46.1 Å². The number of hydroxylamine groups is 1. The molecule has 6 N–H and O–H groups in total. The van der Waals surface area contributed by atoms with Gasteiger partial charge in [0.1, 0.15) is 6.04 Å². The molecule has 2 rings (SSSR count). The number of benzene rings is 2. The summed E-state index contributed by atoms with van der Waals surface area (Å²) >= 11 is 0. The second kappa shape index (κ2) is 9.80. The molecule has 8 nitrogen and oxygen atoms in total. The molecule has 0 aromatic heterocycles. The Bertz CT molecular complexity index is 1030. The van der Waals surface area contributed by atoms with Gasteiger partial charge in [0.25, 0.3) is 18.2 Å². The van der Waals surface area contributed by atoms with Crippen molar-refractivity contribution >= 4 is 17.7 Å². The van der Waals surface area contributed by atoms with Crippen molar-refractivity contribution < 1.29 is 33.5 Å². The first kappa shape index (κ1) is 23.5. The third-order valence-electron chi connectivity index (χ3n) is 4.34. The Kier molecular flexibility index (Phi) is 7.42. The van der Waals surface area contributed by atoms with E-state index in [0.29, 0.717) is 23.6 Å². The summed E-state index contributed by atoms with van der Waals surface area (Å²) in [5.41, 5.74) is 4.90. The van der Waals surface area contributed by atoms with Crippen molar-refractivity contribution in [2.24, 2.45) is 5.73 Å². The zero-order valence-electron chi connectivity index (χ0n) is 16.2. The number of aliphatic hydroxyl groups is 1. The summed E-state index contributed by atoms with van der Waals surface area (Å²) in [6.45, 7) is 0.659. The summed E-state index contributed by atoms with van der Waals surface area (Å²) in [5.74, 6) is 2.84. The number of alkyl halides is 2. The molecule has 0 bridgehead atoms. The highest BCUT2D eigenvalue weighted by atomic mass is 19.3. The van der Waals surface area contributed by atoms with Crippen molar-refractivity contribution in [3.63, 3.8) is 0 Å². The van der Waals surface area contributed by atoms with Gasteiger partial charge in [-0.25, -0.2) is 14.3 Å². The molecule has 0 saturated heterocycles. The van der Waals surface area contributed by atoms with Crippen molar-refractivity contribution in [3.05, 3.63) is 70.8 Å². The molecule has 3 amide bonds. The highest BCUT2D eigenvalue weighted by Gasteiger charge is 2.46. The smallest absolute Gasteiger partial charge is 0.269 e. The normalized spacial score (nSPS) is 13.4. The number of halogens is 2. The van der Waals surface area contributed by atoms with Crippen LogP contribution in [0.2, 0.25) is 0 Å². The average molecular weight is 431 g/mol. The maximum atomic E-state index is 13.1. The SMILES string of the molecule is CC(O)(C(F)F)[C@H](NC(=O)c1ccc(C#Cc2ccc(C(N)=O)cc2)cc1)C(=O)NO. The first-order valence-corrected chi connectivity index (χ1v) is 8.83. The van der Waals surface area contributed by atoms with Crippen molar-refractivity contribution in [3.8, 4) is 11.8 Å². The van der Waals surface area contributed by atoms with E-state index in [1.165, 1.54) is 36.4 Å². The fraction of sp³-hybridized carbons (Fsp3) is 0.190. The fourth-order valence-corrected chi connectivity index (χ4v) is 2.45. The first-order valence-electron chi connectivity index (χ1n) is 8.83. The predicted octanol–water partition coefficient (Wildman–Crippen LogP) is 0.805. The molecule has 0 aliphatic heterocycles. The third kappa shape index (κ3) is 5.85. The first-order chi connectivity index (χ1) is 14.6. The summed E-state index contributed by atoms with van der Waals surface area (Å²) in [5, 5.41) is 20.5. The molecule has 1 unspecified atom stereocenters. The number of hydrogen-bond acceptors (Lipinski definition) is 5. The minimum Gasteiger partial charge on any atom is -0.381 e. The van der Waals surface area contributed by atoms with Gasteiger partial charge in [-0.05, 0) is 55.5 Å².